The molecule has 2 saturated heterocycles. The Kier molecular flexibility index (Phi) is 4.78. The number of esters is 1. The summed E-state index contributed by atoms with van der Waals surface area (Å²) < 4.78 is 13.3. The van der Waals surface area contributed by atoms with Crippen molar-refractivity contribution >= 4 is 28.8 Å². The van der Waals surface area contributed by atoms with E-state index < -0.39 is 41.5 Å². The molecule has 1 N–H and O–H groups in total. The van der Waals surface area contributed by atoms with Crippen LogP contribution in [0.25, 0.3) is 11.0 Å². The van der Waals surface area contributed by atoms with Crippen molar-refractivity contribution in [1.29, 1.82) is 0 Å². The van der Waals surface area contributed by atoms with Crippen LogP contribution in [0.15, 0.2) is 48.6 Å². The quantitative estimate of drug-likeness (QED) is 0.472. The van der Waals surface area contributed by atoms with Crippen LogP contribution in [0.5, 0.6) is 0 Å². The van der Waals surface area contributed by atoms with Crippen LogP contribution in [0.4, 0.5) is 0 Å². The summed E-state index contributed by atoms with van der Waals surface area (Å²) in [6.45, 7) is 0.123. The molecule has 5 atom stereocenters. The average Bonchev–Trinajstić information content (AvgIpc) is 3.37. The first kappa shape index (κ1) is 21.0. The second-order valence-corrected chi connectivity index (χ2v) is 8.84. The molecule has 11 heteroatoms. The number of β-amino-alcohol motifs (C(OH)–C–C–N with tert-alkyl or cyclic N) is 1. The predicted octanol–water partition coefficient (Wildman–Crippen LogP) is -0.527. The van der Waals surface area contributed by atoms with E-state index in [4.69, 9.17) is 9.47 Å². The largest absolute Gasteiger partial charge is 0.461 e. The third-order valence-corrected chi connectivity index (χ3v) is 7.06. The summed E-state index contributed by atoms with van der Waals surface area (Å²) in [7, 11) is 0. The minimum Gasteiger partial charge on any atom is -0.461 e. The maximum atomic E-state index is 13.9. The number of rotatable bonds is 4. The van der Waals surface area contributed by atoms with Gasteiger partial charge in [-0.15, -0.1) is 5.10 Å². The zero-order chi connectivity index (χ0) is 23.4. The molecule has 4 aliphatic rings. The minimum atomic E-state index is -1.33. The van der Waals surface area contributed by atoms with E-state index in [9.17, 15) is 19.5 Å². The van der Waals surface area contributed by atoms with Gasteiger partial charge in [-0.3, -0.25) is 14.4 Å². The second kappa shape index (κ2) is 7.74. The fourth-order valence-electron chi connectivity index (χ4n) is 5.67. The molecule has 1 aromatic carbocycles. The highest BCUT2D eigenvalue weighted by Crippen LogP contribution is 2.53. The SMILES string of the molecule is O=C1OCC=C[C@@H]2O[C@]34C=CCN(Cn5nnc6ccccc65)C(=O)C3N(CCO)C(=O)[C@@H]4[C@H]12. The Labute approximate surface area is 194 Å². The van der Waals surface area contributed by atoms with Gasteiger partial charge < -0.3 is 24.4 Å². The van der Waals surface area contributed by atoms with E-state index in [1.807, 2.05) is 24.3 Å². The van der Waals surface area contributed by atoms with Gasteiger partial charge in [-0.2, -0.15) is 0 Å². The van der Waals surface area contributed by atoms with Crippen molar-refractivity contribution < 1.29 is 29.0 Å². The Balaban J connectivity index is 1.40. The van der Waals surface area contributed by atoms with Crippen LogP contribution < -0.4 is 0 Å². The molecule has 2 fully saturated rings. The van der Waals surface area contributed by atoms with Crippen molar-refractivity contribution in [2.45, 2.75) is 24.4 Å². The third kappa shape index (κ3) is 2.86. The molecule has 1 aromatic heterocycles. The van der Waals surface area contributed by atoms with Crippen molar-refractivity contribution in [1.82, 2.24) is 24.8 Å². The number of aliphatic hydroxyl groups excluding tert-OH is 1. The number of ether oxygens (including phenoxy) is 2. The maximum Gasteiger partial charge on any atom is 0.313 e. The molecular weight excluding hydrogens is 442 g/mol. The Bertz CT molecular complexity index is 1240. The highest BCUT2D eigenvalue weighted by molar-refractivity contribution is 5.99. The zero-order valence-corrected chi connectivity index (χ0v) is 18.2. The van der Waals surface area contributed by atoms with E-state index >= 15 is 0 Å². The Morgan fingerprint density at radius 3 is 2.85 bits per heavy atom. The molecule has 0 aliphatic carbocycles. The number of carbonyl (C=O) groups excluding carboxylic acids is 3. The number of benzene rings is 1. The van der Waals surface area contributed by atoms with Gasteiger partial charge in [-0.05, 0) is 18.2 Å². The number of para-hydroxylation sites is 1. The van der Waals surface area contributed by atoms with E-state index in [0.717, 1.165) is 5.52 Å². The minimum absolute atomic E-state index is 0.0486. The van der Waals surface area contributed by atoms with Gasteiger partial charge in [0.1, 0.15) is 36.4 Å². The molecule has 2 aromatic rings. The number of likely N-dealkylation sites (tertiary alicyclic amines) is 1. The first-order valence-corrected chi connectivity index (χ1v) is 11.2. The van der Waals surface area contributed by atoms with Crippen LogP contribution in [-0.4, -0.2) is 91.7 Å². The molecule has 6 rings (SSSR count). The fourth-order valence-corrected chi connectivity index (χ4v) is 5.67. The van der Waals surface area contributed by atoms with Gasteiger partial charge in [0, 0.05) is 13.1 Å². The Morgan fingerprint density at radius 1 is 1.15 bits per heavy atom. The topological polar surface area (TPSA) is 127 Å². The highest BCUT2D eigenvalue weighted by atomic mass is 16.6. The summed E-state index contributed by atoms with van der Waals surface area (Å²) in [6, 6.07) is 6.41. The highest BCUT2D eigenvalue weighted by Gasteiger charge is 2.71. The van der Waals surface area contributed by atoms with E-state index in [1.165, 1.54) is 4.90 Å². The van der Waals surface area contributed by atoms with Crippen molar-refractivity contribution in [2.24, 2.45) is 11.8 Å². The van der Waals surface area contributed by atoms with Crippen molar-refractivity contribution in [3.63, 3.8) is 0 Å². The fraction of sp³-hybridized carbons (Fsp3) is 0.435. The number of fused-ring (bicyclic) bond motifs is 3. The van der Waals surface area contributed by atoms with Gasteiger partial charge in [0.05, 0.1) is 24.1 Å². The lowest BCUT2D eigenvalue weighted by Crippen LogP contribution is -2.55. The number of aromatic nitrogens is 3. The molecule has 1 spiro atoms. The number of cyclic esters (lactones) is 1. The van der Waals surface area contributed by atoms with Gasteiger partial charge >= 0.3 is 5.97 Å². The molecule has 2 amide bonds. The van der Waals surface area contributed by atoms with Crippen molar-refractivity contribution in [3.05, 3.63) is 48.6 Å². The van der Waals surface area contributed by atoms with Crippen LogP contribution in [0.1, 0.15) is 0 Å². The van der Waals surface area contributed by atoms with Gasteiger partial charge in [0.25, 0.3) is 5.91 Å². The Hall–Kier alpha value is -3.57. The third-order valence-electron chi connectivity index (χ3n) is 7.06. The lowest BCUT2D eigenvalue weighted by Gasteiger charge is -2.35. The van der Waals surface area contributed by atoms with Gasteiger partial charge in [0.2, 0.25) is 5.91 Å². The van der Waals surface area contributed by atoms with Crippen LogP contribution in [0.3, 0.4) is 0 Å². The molecule has 0 saturated carbocycles. The van der Waals surface area contributed by atoms with E-state index in [1.54, 1.807) is 33.9 Å². The summed E-state index contributed by atoms with van der Waals surface area (Å²) in [5.41, 5.74) is 0.149. The number of hydrogen-bond acceptors (Lipinski definition) is 8. The molecule has 176 valence electrons. The normalized spacial score (nSPS) is 32.4. The zero-order valence-electron chi connectivity index (χ0n) is 18.2. The first-order valence-electron chi connectivity index (χ1n) is 11.2. The molecule has 1 unspecified atom stereocenters. The molecule has 0 radical (unpaired) electrons. The van der Waals surface area contributed by atoms with Crippen LogP contribution in [-0.2, 0) is 30.5 Å². The van der Waals surface area contributed by atoms with E-state index in [-0.39, 0.29) is 38.9 Å². The lowest BCUT2D eigenvalue weighted by atomic mass is 9.78. The maximum absolute atomic E-state index is 13.9. The molecule has 34 heavy (non-hydrogen) atoms. The molecule has 0 bridgehead atoms. The number of nitrogens with zero attached hydrogens (tertiary/aromatic N) is 5. The molecular formula is C23H23N5O6. The monoisotopic (exact) mass is 465 g/mol. The number of carbonyl (C=O) groups is 3. The lowest BCUT2D eigenvalue weighted by molar-refractivity contribution is -0.153. The van der Waals surface area contributed by atoms with Crippen molar-refractivity contribution in [2.75, 3.05) is 26.3 Å². The summed E-state index contributed by atoms with van der Waals surface area (Å²) in [6.07, 6.45) is 6.28. The Morgan fingerprint density at radius 2 is 2.00 bits per heavy atom. The van der Waals surface area contributed by atoms with E-state index in [0.29, 0.717) is 5.52 Å². The van der Waals surface area contributed by atoms with Gasteiger partial charge in [-0.25, -0.2) is 4.68 Å². The van der Waals surface area contributed by atoms with Crippen LogP contribution in [0, 0.1) is 11.8 Å². The summed E-state index contributed by atoms with van der Waals surface area (Å²) >= 11 is 0. The second-order valence-electron chi connectivity index (χ2n) is 8.84. The smallest absolute Gasteiger partial charge is 0.313 e. The molecule has 5 heterocycles. The van der Waals surface area contributed by atoms with Crippen LogP contribution >= 0.6 is 0 Å². The summed E-state index contributed by atoms with van der Waals surface area (Å²) in [4.78, 5) is 43.2. The molecule has 4 aliphatic heterocycles. The predicted molar refractivity (Wildman–Crippen MR) is 116 cm³/mol. The summed E-state index contributed by atoms with van der Waals surface area (Å²) in [5, 5.41) is 18.0. The van der Waals surface area contributed by atoms with Crippen molar-refractivity contribution in [3.8, 4) is 0 Å². The van der Waals surface area contributed by atoms with Gasteiger partial charge in [-0.1, -0.05) is 35.6 Å². The summed E-state index contributed by atoms with van der Waals surface area (Å²) in [5.74, 6) is -3.05. The van der Waals surface area contributed by atoms with E-state index in [2.05, 4.69) is 10.3 Å². The molecule has 11 nitrogen and oxygen atoms in total. The van der Waals surface area contributed by atoms with Gasteiger partial charge in [0.15, 0.2) is 0 Å². The number of aliphatic hydroxyl groups is 1. The number of amides is 2. The number of hydrogen-bond donors (Lipinski definition) is 1. The standard InChI is InChI=1S/C23H23N5O6/c29-11-10-27-19-21(31)26(13-28-15-6-2-1-5-14(15)24-25-28)9-4-8-23(19)18(20(27)30)17-16(34-23)7-3-12-33-22(17)32/h1-8,16-19,29H,9-13H2/t16-,17+,18-,19?,23-/m0/s1. The average molecular weight is 465 g/mol. The first-order chi connectivity index (χ1) is 16.5. The van der Waals surface area contributed by atoms with Crippen LogP contribution in [0.2, 0.25) is 0 Å².